The molecule has 0 aliphatic carbocycles. The molecule has 0 saturated carbocycles. The van der Waals surface area contributed by atoms with Crippen LogP contribution in [0.5, 0.6) is 0 Å². The molecule has 5 N–H and O–H groups in total. The van der Waals surface area contributed by atoms with Crippen molar-refractivity contribution in [3.05, 3.63) is 17.1 Å². The first kappa shape index (κ1) is 16.9. The van der Waals surface area contributed by atoms with E-state index < -0.39 is 5.91 Å². The molecule has 1 aliphatic rings. The van der Waals surface area contributed by atoms with Crippen LogP contribution in [-0.4, -0.2) is 48.9 Å². The molecule has 0 unspecified atom stereocenters. The quantitative estimate of drug-likeness (QED) is 0.675. The Morgan fingerprint density at radius 3 is 3.12 bits per heavy atom. The number of anilines is 2. The topological polar surface area (TPSA) is 115 Å². The molecule has 0 bridgehead atoms. The van der Waals surface area contributed by atoms with Gasteiger partial charge in [-0.1, -0.05) is 0 Å². The second-order valence-electron chi connectivity index (χ2n) is 5.97. The number of pyridine rings is 1. The Morgan fingerprint density at radius 1 is 1.54 bits per heavy atom. The molecule has 7 nitrogen and oxygen atoms in total. The summed E-state index contributed by atoms with van der Waals surface area (Å²) >= 11 is 1.24. The highest BCUT2D eigenvalue weighted by Gasteiger charge is 2.24. The van der Waals surface area contributed by atoms with Crippen LogP contribution >= 0.6 is 11.3 Å². The standard InChI is InChI=1S/C16H22N4O3S/c17-13-12-11(3-4-19-16(12)24-14(13)15(18)22)20-5-1-2-10(8-20)9-23-7-6-21/h3-4,10,21H,1-2,5-9,17H2,(H2,18,22)/t10-/m0/s1. The van der Waals surface area contributed by atoms with Crippen LogP contribution in [0.3, 0.4) is 0 Å². The Morgan fingerprint density at radius 2 is 2.38 bits per heavy atom. The number of piperidine rings is 1. The smallest absolute Gasteiger partial charge is 0.260 e. The molecule has 2 aromatic rings. The summed E-state index contributed by atoms with van der Waals surface area (Å²) in [6, 6.07) is 1.94. The number of ether oxygens (including phenoxy) is 1. The number of thiophene rings is 1. The van der Waals surface area contributed by atoms with Crippen LogP contribution in [0.1, 0.15) is 22.5 Å². The third kappa shape index (κ3) is 3.31. The average molecular weight is 350 g/mol. The fourth-order valence-corrected chi connectivity index (χ4v) is 4.15. The SMILES string of the molecule is NC(=O)c1sc2nccc(N3CCC[C@H](COCCO)C3)c2c1N. The van der Waals surface area contributed by atoms with E-state index in [-0.39, 0.29) is 6.61 Å². The maximum absolute atomic E-state index is 11.6. The Balaban J connectivity index is 1.87. The van der Waals surface area contributed by atoms with Gasteiger partial charge < -0.3 is 26.2 Å². The monoisotopic (exact) mass is 350 g/mol. The van der Waals surface area contributed by atoms with E-state index in [1.165, 1.54) is 11.3 Å². The second kappa shape index (κ2) is 7.33. The molecule has 1 atom stereocenters. The Bertz CT molecular complexity index is 733. The third-order valence-corrected chi connectivity index (χ3v) is 5.41. The van der Waals surface area contributed by atoms with E-state index in [2.05, 4.69) is 9.88 Å². The number of hydrogen-bond donors (Lipinski definition) is 3. The first-order valence-electron chi connectivity index (χ1n) is 8.02. The first-order valence-corrected chi connectivity index (χ1v) is 8.83. The fourth-order valence-electron chi connectivity index (χ4n) is 3.21. The number of nitrogens with two attached hydrogens (primary N) is 2. The predicted octanol–water partition coefficient (Wildman–Crippen LogP) is 1.20. The lowest BCUT2D eigenvalue weighted by atomic mass is 9.98. The van der Waals surface area contributed by atoms with Crippen molar-refractivity contribution in [2.24, 2.45) is 11.7 Å². The van der Waals surface area contributed by atoms with Gasteiger partial charge in [0.15, 0.2) is 0 Å². The van der Waals surface area contributed by atoms with Gasteiger partial charge in [0.1, 0.15) is 9.71 Å². The summed E-state index contributed by atoms with van der Waals surface area (Å²) in [5, 5.41) is 9.64. The van der Waals surface area contributed by atoms with E-state index in [0.29, 0.717) is 29.7 Å². The highest BCUT2D eigenvalue weighted by atomic mass is 32.1. The summed E-state index contributed by atoms with van der Waals surface area (Å²) in [6.07, 6.45) is 3.90. The normalized spacial score (nSPS) is 18.2. The van der Waals surface area contributed by atoms with Crippen LogP contribution < -0.4 is 16.4 Å². The van der Waals surface area contributed by atoms with Gasteiger partial charge in [-0.2, -0.15) is 0 Å². The number of primary amides is 1. The van der Waals surface area contributed by atoms with Gasteiger partial charge in [-0.3, -0.25) is 4.79 Å². The molecule has 8 heteroatoms. The molecule has 1 aliphatic heterocycles. The number of hydrogen-bond acceptors (Lipinski definition) is 7. The predicted molar refractivity (Wildman–Crippen MR) is 95.4 cm³/mol. The zero-order valence-corrected chi connectivity index (χ0v) is 14.2. The van der Waals surface area contributed by atoms with Crippen molar-refractivity contribution >= 4 is 38.8 Å². The minimum Gasteiger partial charge on any atom is -0.397 e. The summed E-state index contributed by atoms with van der Waals surface area (Å²) in [4.78, 5) is 19.3. The number of fused-ring (bicyclic) bond motifs is 1. The summed E-state index contributed by atoms with van der Waals surface area (Å²) in [7, 11) is 0. The van der Waals surface area contributed by atoms with Crippen molar-refractivity contribution in [1.82, 2.24) is 4.98 Å². The van der Waals surface area contributed by atoms with Gasteiger partial charge in [0.05, 0.1) is 36.6 Å². The Kier molecular flexibility index (Phi) is 5.17. The summed E-state index contributed by atoms with van der Waals surface area (Å²) in [5.74, 6) is -0.112. The van der Waals surface area contributed by atoms with Crippen LogP contribution in [0.15, 0.2) is 12.3 Å². The number of amides is 1. The maximum atomic E-state index is 11.6. The van der Waals surface area contributed by atoms with Crippen LogP contribution in [0.2, 0.25) is 0 Å². The number of carbonyl (C=O) groups excluding carboxylic acids is 1. The number of nitrogens with zero attached hydrogens (tertiary/aromatic N) is 2. The minimum absolute atomic E-state index is 0.0444. The van der Waals surface area contributed by atoms with Gasteiger partial charge >= 0.3 is 0 Å². The fraction of sp³-hybridized carbons (Fsp3) is 0.500. The van der Waals surface area contributed by atoms with Crippen molar-refractivity contribution in [3.63, 3.8) is 0 Å². The molecule has 3 rings (SSSR count). The van der Waals surface area contributed by atoms with Gasteiger partial charge in [0, 0.05) is 19.3 Å². The maximum Gasteiger partial charge on any atom is 0.260 e. The number of aromatic nitrogens is 1. The lowest BCUT2D eigenvalue weighted by molar-refractivity contribution is 0.0639. The van der Waals surface area contributed by atoms with Crippen molar-refractivity contribution < 1.29 is 14.6 Å². The van der Waals surface area contributed by atoms with Crippen molar-refractivity contribution in [2.45, 2.75) is 12.8 Å². The zero-order valence-electron chi connectivity index (χ0n) is 13.4. The first-order chi connectivity index (χ1) is 11.6. The van der Waals surface area contributed by atoms with Gasteiger partial charge in [0.2, 0.25) is 0 Å². The molecule has 1 amide bonds. The van der Waals surface area contributed by atoms with Crippen LogP contribution in [0.4, 0.5) is 11.4 Å². The lowest BCUT2D eigenvalue weighted by Gasteiger charge is -2.34. The van der Waals surface area contributed by atoms with Crippen LogP contribution in [0.25, 0.3) is 10.2 Å². The van der Waals surface area contributed by atoms with Crippen LogP contribution in [-0.2, 0) is 4.74 Å². The van der Waals surface area contributed by atoms with E-state index in [1.807, 2.05) is 6.07 Å². The number of nitrogen functional groups attached to an aromatic ring is 1. The number of carbonyl (C=O) groups is 1. The largest absolute Gasteiger partial charge is 0.397 e. The van der Waals surface area contributed by atoms with Crippen molar-refractivity contribution in [3.8, 4) is 0 Å². The van der Waals surface area contributed by atoms with Gasteiger partial charge in [-0.15, -0.1) is 11.3 Å². The molecule has 1 saturated heterocycles. The van der Waals surface area contributed by atoms with E-state index in [4.69, 9.17) is 21.3 Å². The highest BCUT2D eigenvalue weighted by Crippen LogP contribution is 2.39. The van der Waals surface area contributed by atoms with Gasteiger partial charge in [-0.25, -0.2) is 4.98 Å². The summed E-state index contributed by atoms with van der Waals surface area (Å²) < 4.78 is 5.48. The molecule has 0 aromatic carbocycles. The zero-order chi connectivity index (χ0) is 17.1. The van der Waals surface area contributed by atoms with E-state index in [0.717, 1.165) is 41.8 Å². The second-order valence-corrected chi connectivity index (χ2v) is 6.97. The van der Waals surface area contributed by atoms with E-state index in [1.54, 1.807) is 6.20 Å². The minimum atomic E-state index is -0.518. The molecule has 24 heavy (non-hydrogen) atoms. The molecule has 130 valence electrons. The van der Waals surface area contributed by atoms with E-state index >= 15 is 0 Å². The summed E-state index contributed by atoms with van der Waals surface area (Å²) in [6.45, 7) is 2.83. The van der Waals surface area contributed by atoms with Crippen LogP contribution in [0, 0.1) is 5.92 Å². The number of aliphatic hydroxyl groups is 1. The molecule has 1 fully saturated rings. The highest BCUT2D eigenvalue weighted by molar-refractivity contribution is 7.21. The van der Waals surface area contributed by atoms with Gasteiger partial charge in [0.25, 0.3) is 5.91 Å². The molecule has 3 heterocycles. The molecule has 2 aromatic heterocycles. The summed E-state index contributed by atoms with van der Waals surface area (Å²) in [5.41, 5.74) is 13.0. The third-order valence-electron chi connectivity index (χ3n) is 4.28. The molecular weight excluding hydrogens is 328 g/mol. The van der Waals surface area contributed by atoms with Crippen molar-refractivity contribution in [2.75, 3.05) is 43.5 Å². The Hall–Kier alpha value is -1.90. The van der Waals surface area contributed by atoms with E-state index in [9.17, 15) is 4.79 Å². The van der Waals surface area contributed by atoms with Crippen molar-refractivity contribution in [1.29, 1.82) is 0 Å². The number of rotatable bonds is 6. The Labute approximate surface area is 144 Å². The molecule has 0 radical (unpaired) electrons. The average Bonchev–Trinajstić information content (AvgIpc) is 2.93. The van der Waals surface area contributed by atoms with Gasteiger partial charge in [-0.05, 0) is 24.8 Å². The molecular formula is C16H22N4O3S. The number of aliphatic hydroxyl groups excluding tert-OH is 1. The lowest BCUT2D eigenvalue weighted by Crippen LogP contribution is -2.37. The molecule has 0 spiro atoms.